The Hall–Kier alpha value is -2.41. The first kappa shape index (κ1) is 54.5. The van der Waals surface area contributed by atoms with Gasteiger partial charge in [0.1, 0.15) is 29.2 Å². The van der Waals surface area contributed by atoms with Crippen molar-refractivity contribution < 1.29 is 68.0 Å². The van der Waals surface area contributed by atoms with Crippen LogP contribution in [0.3, 0.4) is 0 Å². The number of carbonyl (C=O) groups is 3. The van der Waals surface area contributed by atoms with E-state index in [4.69, 9.17) is 14.2 Å². The molecule has 0 bridgehead atoms. The van der Waals surface area contributed by atoms with Crippen molar-refractivity contribution in [1.29, 1.82) is 0 Å². The van der Waals surface area contributed by atoms with Crippen LogP contribution in [0.4, 0.5) is 8.78 Å². The van der Waals surface area contributed by atoms with E-state index in [0.717, 1.165) is 0 Å². The Morgan fingerprint density at radius 1 is 1.00 bits per heavy atom. The van der Waals surface area contributed by atoms with Gasteiger partial charge in [0.25, 0.3) is 0 Å². The number of fused-ring (bicyclic) bond motifs is 5. The molecular weight excluding hydrogens is 859 g/mol. The topological polar surface area (TPSA) is 216 Å². The zero-order chi connectivity index (χ0) is 49.7. The first-order valence-corrected chi connectivity index (χ1v) is 24.4. The summed E-state index contributed by atoms with van der Waals surface area (Å²) in [7, 11) is 1.52. The maximum atomic E-state index is 17.9. The van der Waals surface area contributed by atoms with Crippen LogP contribution in [0.25, 0.3) is 0 Å². The third kappa shape index (κ3) is 9.34. The summed E-state index contributed by atoms with van der Waals surface area (Å²) in [5.41, 5.74) is -9.50. The van der Waals surface area contributed by atoms with Gasteiger partial charge in [0.2, 0.25) is 0 Å². The fourth-order valence-electron chi connectivity index (χ4n) is 13.7. The number of rotatable bonds is 11. The van der Waals surface area contributed by atoms with Crippen LogP contribution in [0.5, 0.6) is 0 Å². The summed E-state index contributed by atoms with van der Waals surface area (Å²) in [4.78, 5) is 41.5. The van der Waals surface area contributed by atoms with Gasteiger partial charge in [-0.25, -0.2) is 8.78 Å². The number of esters is 2. The van der Waals surface area contributed by atoms with Crippen molar-refractivity contribution in [3.63, 3.8) is 0 Å². The molecule has 0 aromatic carbocycles. The van der Waals surface area contributed by atoms with Gasteiger partial charge in [-0.2, -0.15) is 0 Å². The number of halogens is 2. The van der Waals surface area contributed by atoms with Gasteiger partial charge in [0.15, 0.2) is 11.5 Å². The number of nitrogens with zero attached hydrogens (tertiary/aromatic N) is 1. The average molecular weight is 941 g/mol. The summed E-state index contributed by atoms with van der Waals surface area (Å²) in [5.74, 6) is -6.17. The van der Waals surface area contributed by atoms with Gasteiger partial charge in [-0.1, -0.05) is 40.7 Å². The highest BCUT2D eigenvalue weighted by Gasteiger charge is 2.77. The minimum Gasteiger partial charge on any atom is -0.459 e. The van der Waals surface area contributed by atoms with Crippen LogP contribution in [0, 0.1) is 46.3 Å². The molecule has 378 valence electrons. The smallest absolute Gasteiger partial charge is 0.311 e. The van der Waals surface area contributed by atoms with Crippen molar-refractivity contribution in [1.82, 2.24) is 10.2 Å². The minimum absolute atomic E-state index is 0.0265. The van der Waals surface area contributed by atoms with Crippen molar-refractivity contribution in [3.8, 4) is 0 Å². The molecule has 3 fully saturated rings. The van der Waals surface area contributed by atoms with E-state index < -0.39 is 117 Å². The lowest BCUT2D eigenvalue weighted by Crippen LogP contribution is -2.70. The lowest BCUT2D eigenvalue weighted by atomic mass is 9.45. The summed E-state index contributed by atoms with van der Waals surface area (Å²) in [6, 6.07) is -0.667. The van der Waals surface area contributed by atoms with Gasteiger partial charge in [-0.15, -0.1) is 0 Å². The molecule has 3 unspecified atom stereocenters. The number of hydrogen-bond donors (Lipinski definition) is 7. The number of carbonyl (C=O) groups excluding carboxylic acids is 3. The molecule has 0 amide bonds. The molecule has 1 heterocycles. The fourth-order valence-corrected chi connectivity index (χ4v) is 13.7. The molecule has 16 heteroatoms. The standard InChI is InChI=1S/C50H82F2N2O12/c1-13-39-48(11,63)43(60)31(6)54(26-27(2)24-47(10,62)42(59)29(4)41(58)30(5)44(61)65-39)20-14-18-53-19-16-40(57)66-50(32(7)64-12)28(3)21-34-35-23-37(51)36-22-33(55)15-17-45(36,8)49(35,52)38(56)25-46(34,50)9/h15,17,27-32,34-35,38-39,41-43,53,56,58-60,62-63H,13-14,16,18-26H2,1-12H3/t27-,28-,29+,30-,31-,32?,34?,35?,38+,39-,41+,42-,43-,45+,46+,47-,48-,49+,50+/m1/s1. The average Bonchev–Trinajstić information content (AvgIpc) is 3.47. The summed E-state index contributed by atoms with van der Waals surface area (Å²) in [6.45, 7) is 20.0. The van der Waals surface area contributed by atoms with Crippen LogP contribution in [-0.4, -0.2) is 152 Å². The predicted octanol–water partition coefficient (Wildman–Crippen LogP) is 4.50. The van der Waals surface area contributed by atoms with Gasteiger partial charge in [-0.3, -0.25) is 19.3 Å². The van der Waals surface area contributed by atoms with E-state index in [1.807, 2.05) is 25.7 Å². The second-order valence-electron chi connectivity index (χ2n) is 22.0. The Bertz CT molecular complexity index is 1830. The first-order chi connectivity index (χ1) is 30.5. The predicted molar refractivity (Wildman–Crippen MR) is 243 cm³/mol. The van der Waals surface area contributed by atoms with Crippen LogP contribution in [-0.2, 0) is 28.6 Å². The third-order valence-corrected chi connectivity index (χ3v) is 17.6. The number of ether oxygens (including phenoxy) is 3. The second kappa shape index (κ2) is 20.1. The fraction of sp³-hybridized carbons (Fsp3) is 0.860. The van der Waals surface area contributed by atoms with Gasteiger partial charge >= 0.3 is 11.9 Å². The Labute approximate surface area is 390 Å². The highest BCUT2D eigenvalue weighted by atomic mass is 19.1. The molecular formula is C50H82F2N2O12. The van der Waals surface area contributed by atoms with Crippen molar-refractivity contribution in [2.75, 3.05) is 33.3 Å². The van der Waals surface area contributed by atoms with Crippen LogP contribution >= 0.6 is 0 Å². The first-order valence-electron chi connectivity index (χ1n) is 24.4. The zero-order valence-corrected chi connectivity index (χ0v) is 41.5. The molecule has 7 N–H and O–H groups in total. The van der Waals surface area contributed by atoms with Crippen LogP contribution in [0.1, 0.15) is 128 Å². The molecule has 66 heavy (non-hydrogen) atoms. The normalized spacial score (nSPS) is 46.7. The molecule has 0 spiro atoms. The summed E-state index contributed by atoms with van der Waals surface area (Å²) >= 11 is 0. The number of nitrogens with one attached hydrogen (secondary N) is 1. The largest absolute Gasteiger partial charge is 0.459 e. The lowest BCUT2D eigenvalue weighted by molar-refractivity contribution is -0.249. The number of methoxy groups -OCH3 is 1. The SMILES string of the molecule is CC[C@H]1OC(=O)[C@H](C)[C@@H](O)[C@H](C)[C@@H](O)[C@](C)(O)C[C@@H](C)CN(CCCNCCC(=O)O[C@]2(C(C)OC)[C@H](C)CC3C4CC(F)=C5CC(=O)C=C[C@]5(C)[C@@]4(F)[C@@H](O)C[C@@]32C)[C@H](C)[C@@H](O)[C@]1(C)O. The van der Waals surface area contributed by atoms with Crippen molar-refractivity contribution >= 4 is 17.7 Å². The van der Waals surface area contributed by atoms with Crippen LogP contribution in [0.2, 0.25) is 0 Å². The highest BCUT2D eigenvalue weighted by molar-refractivity contribution is 5.93. The number of ketones is 1. The van der Waals surface area contributed by atoms with Crippen molar-refractivity contribution in [3.05, 3.63) is 23.6 Å². The molecule has 0 radical (unpaired) electrons. The summed E-state index contributed by atoms with van der Waals surface area (Å²) in [5, 5.41) is 72.5. The molecule has 19 atom stereocenters. The Balaban J connectivity index is 1.27. The third-order valence-electron chi connectivity index (χ3n) is 17.6. The van der Waals surface area contributed by atoms with Gasteiger partial charge in [0.05, 0.1) is 42.4 Å². The van der Waals surface area contributed by atoms with Crippen molar-refractivity contribution in [2.24, 2.45) is 46.3 Å². The van der Waals surface area contributed by atoms with E-state index >= 15 is 8.78 Å². The van der Waals surface area contributed by atoms with E-state index in [1.54, 1.807) is 34.6 Å². The number of aliphatic hydroxyl groups excluding tert-OH is 4. The minimum atomic E-state index is -2.26. The Morgan fingerprint density at radius 2 is 1.65 bits per heavy atom. The van der Waals surface area contributed by atoms with E-state index in [1.165, 1.54) is 40.0 Å². The molecule has 1 saturated heterocycles. The van der Waals surface area contributed by atoms with Gasteiger partial charge < -0.3 is 50.2 Å². The van der Waals surface area contributed by atoms with Crippen LogP contribution < -0.4 is 5.32 Å². The Morgan fingerprint density at radius 3 is 2.27 bits per heavy atom. The highest BCUT2D eigenvalue weighted by Crippen LogP contribution is 2.72. The number of hydrogen-bond acceptors (Lipinski definition) is 14. The molecule has 4 aliphatic carbocycles. The van der Waals surface area contributed by atoms with Gasteiger partial charge in [0, 0.05) is 61.7 Å². The second-order valence-corrected chi connectivity index (χ2v) is 22.0. The van der Waals surface area contributed by atoms with E-state index in [-0.39, 0.29) is 68.3 Å². The Kier molecular flexibility index (Phi) is 16.6. The molecule has 1 aliphatic heterocycles. The number of aliphatic hydroxyl groups is 6. The molecule has 0 aromatic heterocycles. The molecule has 14 nitrogen and oxygen atoms in total. The molecule has 2 saturated carbocycles. The maximum Gasteiger partial charge on any atom is 0.311 e. The van der Waals surface area contributed by atoms with Crippen LogP contribution in [0.15, 0.2) is 23.6 Å². The summed E-state index contributed by atoms with van der Waals surface area (Å²) < 4.78 is 52.1. The van der Waals surface area contributed by atoms with Gasteiger partial charge in [-0.05, 0) is 116 Å². The van der Waals surface area contributed by atoms with E-state index in [2.05, 4.69) is 5.32 Å². The molecule has 5 rings (SSSR count). The number of alkyl halides is 1. The molecule has 5 aliphatic rings. The quantitative estimate of drug-likeness (QED) is 0.112. The van der Waals surface area contributed by atoms with E-state index in [9.17, 15) is 45.0 Å². The number of cyclic esters (lactones) is 1. The maximum absolute atomic E-state index is 17.9. The molecule has 0 aromatic rings. The monoisotopic (exact) mass is 941 g/mol. The van der Waals surface area contributed by atoms with E-state index in [0.29, 0.717) is 32.5 Å². The summed E-state index contributed by atoms with van der Waals surface area (Å²) in [6.07, 6.45) is -4.11. The number of allylic oxidation sites excluding steroid dienone is 4. The zero-order valence-electron chi connectivity index (χ0n) is 41.5. The lowest BCUT2D eigenvalue weighted by Gasteiger charge is -2.63. The van der Waals surface area contributed by atoms with Crippen molar-refractivity contribution in [2.45, 2.75) is 193 Å².